The molecule has 5 nitrogen and oxygen atoms in total. The van der Waals surface area contributed by atoms with Gasteiger partial charge in [-0.2, -0.15) is 0 Å². The minimum Gasteiger partial charge on any atom is -0.495 e. The smallest absolute Gasteiger partial charge is 0.255 e. The Labute approximate surface area is 152 Å². The molecule has 132 valence electrons. The van der Waals surface area contributed by atoms with Crippen molar-refractivity contribution in [3.8, 4) is 5.75 Å². The molecule has 0 aliphatic rings. The molecule has 0 radical (unpaired) electrons. The number of amides is 2. The molecule has 0 aliphatic heterocycles. The largest absolute Gasteiger partial charge is 0.495 e. The Balaban J connectivity index is 2.10. The minimum absolute atomic E-state index is 0.198. The van der Waals surface area contributed by atoms with Crippen molar-refractivity contribution in [3.05, 3.63) is 58.6 Å². The third kappa shape index (κ3) is 5.22. The molecule has 2 rings (SSSR count). The second-order valence-corrected chi connectivity index (χ2v) is 6.40. The zero-order valence-corrected chi connectivity index (χ0v) is 15.2. The Bertz CT molecular complexity index is 775. The molecule has 2 amide bonds. The zero-order chi connectivity index (χ0) is 18.4. The van der Waals surface area contributed by atoms with Crippen LogP contribution in [0.1, 0.15) is 34.6 Å². The van der Waals surface area contributed by atoms with Gasteiger partial charge in [0.2, 0.25) is 0 Å². The number of carbonyl (C=O) groups excluding carboxylic acids is 2. The molecule has 0 spiro atoms. The topological polar surface area (TPSA) is 67.4 Å². The van der Waals surface area contributed by atoms with E-state index in [1.165, 1.54) is 7.11 Å². The number of benzene rings is 2. The predicted molar refractivity (Wildman–Crippen MR) is 99.6 cm³/mol. The zero-order valence-electron chi connectivity index (χ0n) is 14.4. The van der Waals surface area contributed by atoms with Crippen molar-refractivity contribution in [1.82, 2.24) is 5.32 Å². The quantitative estimate of drug-likeness (QED) is 0.818. The SMILES string of the molecule is COc1ccc(NC(=O)c2cccc(C(=O)NCC(C)C)c2)cc1Cl. The van der Waals surface area contributed by atoms with Crippen LogP contribution in [0.3, 0.4) is 0 Å². The number of carbonyl (C=O) groups is 2. The standard InChI is InChI=1S/C19H21ClN2O3/c1-12(2)11-21-18(23)13-5-4-6-14(9-13)19(24)22-15-7-8-17(25-3)16(20)10-15/h4-10,12H,11H2,1-3H3,(H,21,23)(H,22,24). The number of anilines is 1. The average Bonchev–Trinajstić information content (AvgIpc) is 2.60. The molecule has 6 heteroatoms. The van der Waals surface area contributed by atoms with Crippen LogP contribution in [0.2, 0.25) is 5.02 Å². The van der Waals surface area contributed by atoms with E-state index >= 15 is 0 Å². The van der Waals surface area contributed by atoms with Gasteiger partial charge in [0.05, 0.1) is 12.1 Å². The van der Waals surface area contributed by atoms with Crippen LogP contribution < -0.4 is 15.4 Å². The van der Waals surface area contributed by atoms with Crippen molar-refractivity contribution < 1.29 is 14.3 Å². The first-order chi connectivity index (χ1) is 11.9. The van der Waals surface area contributed by atoms with E-state index in [9.17, 15) is 9.59 Å². The second kappa shape index (κ2) is 8.53. The summed E-state index contributed by atoms with van der Waals surface area (Å²) < 4.78 is 5.08. The lowest BCUT2D eigenvalue weighted by Gasteiger charge is -2.10. The maximum absolute atomic E-state index is 12.4. The van der Waals surface area contributed by atoms with Gasteiger partial charge >= 0.3 is 0 Å². The Morgan fingerprint density at radius 1 is 1.08 bits per heavy atom. The van der Waals surface area contributed by atoms with Gasteiger partial charge in [0.1, 0.15) is 5.75 Å². The molecule has 0 heterocycles. The van der Waals surface area contributed by atoms with Gasteiger partial charge in [0, 0.05) is 23.4 Å². The summed E-state index contributed by atoms with van der Waals surface area (Å²) in [6.07, 6.45) is 0. The van der Waals surface area contributed by atoms with Crippen molar-refractivity contribution in [2.45, 2.75) is 13.8 Å². The van der Waals surface area contributed by atoms with Gasteiger partial charge in [-0.05, 0) is 42.3 Å². The lowest BCUT2D eigenvalue weighted by Crippen LogP contribution is -2.27. The van der Waals surface area contributed by atoms with Crippen LogP contribution in [-0.4, -0.2) is 25.5 Å². The number of methoxy groups -OCH3 is 1. The molecule has 2 N–H and O–H groups in total. The molecule has 0 saturated carbocycles. The first kappa shape index (κ1) is 18.8. The van der Waals surface area contributed by atoms with Gasteiger partial charge in [0.25, 0.3) is 11.8 Å². The van der Waals surface area contributed by atoms with Gasteiger partial charge in [-0.1, -0.05) is 31.5 Å². The van der Waals surface area contributed by atoms with Crippen molar-refractivity contribution >= 4 is 29.1 Å². The molecule has 0 aliphatic carbocycles. The minimum atomic E-state index is -0.320. The molecule has 0 unspecified atom stereocenters. The van der Waals surface area contributed by atoms with E-state index in [2.05, 4.69) is 10.6 Å². The van der Waals surface area contributed by atoms with E-state index < -0.39 is 0 Å². The van der Waals surface area contributed by atoms with Gasteiger partial charge in [0.15, 0.2) is 0 Å². The van der Waals surface area contributed by atoms with Gasteiger partial charge in [-0.3, -0.25) is 9.59 Å². The van der Waals surface area contributed by atoms with Gasteiger partial charge in [-0.25, -0.2) is 0 Å². The molecule has 25 heavy (non-hydrogen) atoms. The Hall–Kier alpha value is -2.53. The summed E-state index contributed by atoms with van der Waals surface area (Å²) in [7, 11) is 1.52. The normalized spacial score (nSPS) is 10.4. The lowest BCUT2D eigenvalue weighted by atomic mass is 10.1. The van der Waals surface area contributed by atoms with Crippen LogP contribution in [0.5, 0.6) is 5.75 Å². The number of hydrogen-bond acceptors (Lipinski definition) is 3. The Kier molecular flexibility index (Phi) is 6.42. The number of rotatable bonds is 6. The summed E-state index contributed by atoms with van der Waals surface area (Å²) in [6.45, 7) is 4.62. The summed E-state index contributed by atoms with van der Waals surface area (Å²) in [5.41, 5.74) is 1.38. The van der Waals surface area contributed by atoms with Gasteiger partial charge < -0.3 is 15.4 Å². The summed E-state index contributed by atoms with van der Waals surface area (Å²) in [5.74, 6) is 0.370. The molecule has 0 atom stereocenters. The molecule has 0 fully saturated rings. The third-order valence-electron chi connectivity index (χ3n) is 3.47. The highest BCUT2D eigenvalue weighted by Crippen LogP contribution is 2.27. The van der Waals surface area contributed by atoms with Crippen LogP contribution in [0.4, 0.5) is 5.69 Å². The monoisotopic (exact) mass is 360 g/mol. The lowest BCUT2D eigenvalue weighted by molar-refractivity contribution is 0.0949. The van der Waals surface area contributed by atoms with Crippen LogP contribution in [0, 0.1) is 5.92 Å². The van der Waals surface area contributed by atoms with E-state index in [0.29, 0.717) is 40.0 Å². The highest BCUT2D eigenvalue weighted by molar-refractivity contribution is 6.32. The molecule has 0 bridgehead atoms. The average molecular weight is 361 g/mol. The molecular formula is C19H21ClN2O3. The highest BCUT2D eigenvalue weighted by Gasteiger charge is 2.12. The van der Waals surface area contributed by atoms with Crippen LogP contribution in [0.25, 0.3) is 0 Å². The van der Waals surface area contributed by atoms with Crippen molar-refractivity contribution in [1.29, 1.82) is 0 Å². The fraction of sp³-hybridized carbons (Fsp3) is 0.263. The van der Waals surface area contributed by atoms with Crippen LogP contribution in [0.15, 0.2) is 42.5 Å². The number of ether oxygens (including phenoxy) is 1. The second-order valence-electron chi connectivity index (χ2n) is 5.99. The Morgan fingerprint density at radius 2 is 1.76 bits per heavy atom. The predicted octanol–water partition coefficient (Wildman–Crippen LogP) is 3.99. The van der Waals surface area contributed by atoms with Crippen molar-refractivity contribution in [2.24, 2.45) is 5.92 Å². The maximum atomic E-state index is 12.4. The fourth-order valence-corrected chi connectivity index (χ4v) is 2.41. The van der Waals surface area contributed by atoms with Crippen LogP contribution in [-0.2, 0) is 0 Å². The van der Waals surface area contributed by atoms with E-state index in [4.69, 9.17) is 16.3 Å². The van der Waals surface area contributed by atoms with Crippen molar-refractivity contribution in [2.75, 3.05) is 19.0 Å². The summed E-state index contributed by atoms with van der Waals surface area (Å²) in [4.78, 5) is 24.5. The number of nitrogens with one attached hydrogen (secondary N) is 2. The fourth-order valence-electron chi connectivity index (χ4n) is 2.15. The third-order valence-corrected chi connectivity index (χ3v) is 3.76. The maximum Gasteiger partial charge on any atom is 0.255 e. The van der Waals surface area contributed by atoms with Crippen molar-refractivity contribution in [3.63, 3.8) is 0 Å². The number of hydrogen-bond donors (Lipinski definition) is 2. The van der Waals surface area contributed by atoms with E-state index in [-0.39, 0.29) is 11.8 Å². The molecule has 2 aromatic carbocycles. The summed E-state index contributed by atoms with van der Waals surface area (Å²) in [6, 6.07) is 11.6. The van der Waals surface area contributed by atoms with E-state index in [0.717, 1.165) is 0 Å². The first-order valence-electron chi connectivity index (χ1n) is 7.94. The van der Waals surface area contributed by atoms with E-state index in [1.54, 1.807) is 42.5 Å². The highest BCUT2D eigenvalue weighted by atomic mass is 35.5. The molecular weight excluding hydrogens is 340 g/mol. The van der Waals surface area contributed by atoms with Gasteiger partial charge in [-0.15, -0.1) is 0 Å². The van der Waals surface area contributed by atoms with E-state index in [1.807, 2.05) is 13.8 Å². The number of halogens is 1. The molecule has 0 aromatic heterocycles. The summed E-state index contributed by atoms with van der Waals surface area (Å²) in [5, 5.41) is 5.99. The Morgan fingerprint density at radius 3 is 2.36 bits per heavy atom. The molecule has 0 saturated heterocycles. The molecule has 2 aromatic rings. The first-order valence-corrected chi connectivity index (χ1v) is 8.31. The summed E-state index contributed by atoms with van der Waals surface area (Å²) >= 11 is 6.06. The van der Waals surface area contributed by atoms with Crippen LogP contribution >= 0.6 is 11.6 Å².